The van der Waals surface area contributed by atoms with Crippen molar-refractivity contribution in [2.24, 2.45) is 0 Å². The highest BCUT2D eigenvalue weighted by Gasteiger charge is 2.14. The number of hydrogen-bond acceptors (Lipinski definition) is 3. The van der Waals surface area contributed by atoms with E-state index in [4.69, 9.17) is 0 Å². The van der Waals surface area contributed by atoms with E-state index in [9.17, 15) is 8.42 Å². The van der Waals surface area contributed by atoms with Gasteiger partial charge in [0.25, 0.3) is 0 Å². The van der Waals surface area contributed by atoms with Crippen LogP contribution < -0.4 is 9.62 Å². The number of hydrogen-bond donors (Lipinski definition) is 1. The number of anilines is 1. The Morgan fingerprint density at radius 2 is 1.94 bits per heavy atom. The van der Waals surface area contributed by atoms with Gasteiger partial charge in [-0.3, -0.25) is 4.31 Å². The number of nitrogens with one attached hydrogen (secondary N) is 1. The van der Waals surface area contributed by atoms with Crippen LogP contribution in [0.15, 0.2) is 24.3 Å². The van der Waals surface area contributed by atoms with Gasteiger partial charge in [0.2, 0.25) is 10.0 Å². The zero-order valence-electron chi connectivity index (χ0n) is 9.90. The Morgan fingerprint density at radius 3 is 2.50 bits per heavy atom. The molecule has 0 unspecified atom stereocenters. The molecule has 0 radical (unpaired) electrons. The summed E-state index contributed by atoms with van der Waals surface area (Å²) in [6.45, 7) is 0.828. The molecule has 0 aliphatic rings. The molecule has 90 valence electrons. The lowest BCUT2D eigenvalue weighted by molar-refractivity contribution is 0.600. The third kappa shape index (κ3) is 3.21. The summed E-state index contributed by atoms with van der Waals surface area (Å²) in [5.74, 6) is 0. The monoisotopic (exact) mass is 242 g/mol. The summed E-state index contributed by atoms with van der Waals surface area (Å²) in [6, 6.07) is 7.55. The summed E-state index contributed by atoms with van der Waals surface area (Å²) < 4.78 is 24.3. The lowest BCUT2D eigenvalue weighted by Gasteiger charge is -2.20. The van der Waals surface area contributed by atoms with Crippen LogP contribution >= 0.6 is 0 Å². The molecule has 5 heteroatoms. The lowest BCUT2D eigenvalue weighted by atomic mass is 10.1. The third-order valence-corrected chi connectivity index (χ3v) is 3.66. The van der Waals surface area contributed by atoms with Crippen molar-refractivity contribution >= 4 is 15.7 Å². The second kappa shape index (κ2) is 5.32. The molecule has 1 rings (SSSR count). The molecular weight excluding hydrogens is 224 g/mol. The molecular formula is C11H18N2O2S. The van der Waals surface area contributed by atoms with Gasteiger partial charge in [-0.15, -0.1) is 0 Å². The molecule has 0 fully saturated rings. The maximum absolute atomic E-state index is 11.5. The number of likely N-dealkylation sites (N-methyl/N-ethyl adjacent to an activating group) is 1. The van der Waals surface area contributed by atoms with Crippen LogP contribution in [0.3, 0.4) is 0 Å². The topological polar surface area (TPSA) is 49.4 Å². The van der Waals surface area contributed by atoms with Gasteiger partial charge in [0.05, 0.1) is 11.9 Å². The molecule has 0 heterocycles. The average molecular weight is 242 g/mol. The van der Waals surface area contributed by atoms with Gasteiger partial charge >= 0.3 is 0 Å². The molecule has 0 saturated carbocycles. The second-order valence-corrected chi connectivity index (χ2v) is 5.73. The SMILES string of the molecule is CNCCc1ccccc1N(C)S(C)(=O)=O. The van der Waals surface area contributed by atoms with Gasteiger partial charge in [-0.1, -0.05) is 18.2 Å². The molecule has 0 aromatic heterocycles. The van der Waals surface area contributed by atoms with Gasteiger partial charge in [0.1, 0.15) is 0 Å². The van der Waals surface area contributed by atoms with Crippen molar-refractivity contribution in [1.29, 1.82) is 0 Å². The first kappa shape index (κ1) is 13.0. The van der Waals surface area contributed by atoms with Crippen LogP contribution in [0.4, 0.5) is 5.69 Å². The smallest absolute Gasteiger partial charge is 0.232 e. The Kier molecular flexibility index (Phi) is 4.32. The quantitative estimate of drug-likeness (QED) is 0.832. The molecule has 16 heavy (non-hydrogen) atoms. The minimum atomic E-state index is -3.19. The molecule has 1 aromatic rings. The fourth-order valence-corrected chi connectivity index (χ4v) is 2.00. The predicted molar refractivity (Wildman–Crippen MR) is 67.3 cm³/mol. The van der Waals surface area contributed by atoms with Crippen molar-refractivity contribution in [3.8, 4) is 0 Å². The van der Waals surface area contributed by atoms with Crippen LogP contribution in [-0.2, 0) is 16.4 Å². The van der Waals surface area contributed by atoms with Crippen molar-refractivity contribution in [1.82, 2.24) is 5.32 Å². The molecule has 0 aliphatic heterocycles. The van der Waals surface area contributed by atoms with E-state index in [1.54, 1.807) is 7.05 Å². The predicted octanol–water partition coefficient (Wildman–Crippen LogP) is 0.844. The highest BCUT2D eigenvalue weighted by atomic mass is 32.2. The summed E-state index contributed by atoms with van der Waals surface area (Å²) in [7, 11) is 0.264. The first-order valence-electron chi connectivity index (χ1n) is 5.13. The van der Waals surface area contributed by atoms with Gasteiger partial charge in [-0.2, -0.15) is 0 Å². The van der Waals surface area contributed by atoms with E-state index in [0.29, 0.717) is 0 Å². The van der Waals surface area contributed by atoms with Crippen LogP contribution in [0.1, 0.15) is 5.56 Å². The Hall–Kier alpha value is -1.07. The highest BCUT2D eigenvalue weighted by molar-refractivity contribution is 7.92. The maximum atomic E-state index is 11.5. The number of para-hydroxylation sites is 1. The largest absolute Gasteiger partial charge is 0.319 e. The van der Waals surface area contributed by atoms with Crippen LogP contribution in [0.2, 0.25) is 0 Å². The van der Waals surface area contributed by atoms with Gasteiger partial charge < -0.3 is 5.32 Å². The molecule has 0 spiro atoms. The van der Waals surface area contributed by atoms with E-state index in [1.165, 1.54) is 10.6 Å². The highest BCUT2D eigenvalue weighted by Crippen LogP contribution is 2.21. The van der Waals surface area contributed by atoms with E-state index in [1.807, 2.05) is 31.3 Å². The lowest BCUT2D eigenvalue weighted by Crippen LogP contribution is -2.26. The summed E-state index contributed by atoms with van der Waals surface area (Å²) in [6.07, 6.45) is 2.02. The minimum Gasteiger partial charge on any atom is -0.319 e. The fraction of sp³-hybridized carbons (Fsp3) is 0.455. The van der Waals surface area contributed by atoms with Gasteiger partial charge in [0, 0.05) is 7.05 Å². The van der Waals surface area contributed by atoms with Gasteiger partial charge in [0.15, 0.2) is 0 Å². The third-order valence-electron chi connectivity index (χ3n) is 2.47. The Labute approximate surface area is 97.3 Å². The van der Waals surface area contributed by atoms with Crippen molar-refractivity contribution in [3.63, 3.8) is 0 Å². The molecule has 0 atom stereocenters. The summed E-state index contributed by atoms with van der Waals surface area (Å²) in [5, 5.41) is 3.05. The number of sulfonamides is 1. The molecule has 0 amide bonds. The average Bonchev–Trinajstić information content (AvgIpc) is 2.24. The van der Waals surface area contributed by atoms with Crippen molar-refractivity contribution < 1.29 is 8.42 Å². The molecule has 1 aromatic carbocycles. The number of benzene rings is 1. The van der Waals surface area contributed by atoms with Crippen LogP contribution in [-0.4, -0.2) is 35.3 Å². The molecule has 1 N–H and O–H groups in total. The van der Waals surface area contributed by atoms with Crippen LogP contribution in [0, 0.1) is 0 Å². The number of rotatable bonds is 5. The summed E-state index contributed by atoms with van der Waals surface area (Å²) in [4.78, 5) is 0. The summed E-state index contributed by atoms with van der Waals surface area (Å²) >= 11 is 0. The van der Waals surface area contributed by atoms with Crippen LogP contribution in [0.25, 0.3) is 0 Å². The van der Waals surface area contributed by atoms with Crippen molar-refractivity contribution in [3.05, 3.63) is 29.8 Å². The van der Waals surface area contributed by atoms with E-state index < -0.39 is 10.0 Å². The summed E-state index contributed by atoms with van der Waals surface area (Å²) in [5.41, 5.74) is 1.78. The van der Waals surface area contributed by atoms with Crippen LogP contribution in [0.5, 0.6) is 0 Å². The first-order valence-corrected chi connectivity index (χ1v) is 6.98. The van der Waals surface area contributed by atoms with Gasteiger partial charge in [-0.25, -0.2) is 8.42 Å². The second-order valence-electron chi connectivity index (χ2n) is 3.71. The number of nitrogens with zero attached hydrogens (tertiary/aromatic N) is 1. The Bertz CT molecular complexity index is 443. The molecule has 0 aliphatic carbocycles. The Balaban J connectivity index is 3.03. The molecule has 0 bridgehead atoms. The fourth-order valence-electron chi connectivity index (χ4n) is 1.47. The van der Waals surface area contributed by atoms with E-state index in [-0.39, 0.29) is 0 Å². The zero-order chi connectivity index (χ0) is 12.2. The molecule has 4 nitrogen and oxygen atoms in total. The van der Waals surface area contributed by atoms with Crippen molar-refractivity contribution in [2.45, 2.75) is 6.42 Å². The normalized spacial score (nSPS) is 11.4. The standard InChI is InChI=1S/C11H18N2O2S/c1-12-9-8-10-6-4-5-7-11(10)13(2)16(3,14)15/h4-7,12H,8-9H2,1-3H3. The van der Waals surface area contributed by atoms with E-state index >= 15 is 0 Å². The van der Waals surface area contributed by atoms with Crippen molar-refractivity contribution in [2.75, 3.05) is 31.2 Å². The molecule has 0 saturated heterocycles. The zero-order valence-corrected chi connectivity index (χ0v) is 10.7. The van der Waals surface area contributed by atoms with E-state index in [2.05, 4.69) is 5.32 Å². The minimum absolute atomic E-state index is 0.750. The van der Waals surface area contributed by atoms with Gasteiger partial charge in [-0.05, 0) is 31.6 Å². The Morgan fingerprint density at radius 1 is 1.31 bits per heavy atom. The maximum Gasteiger partial charge on any atom is 0.232 e. The van der Waals surface area contributed by atoms with E-state index in [0.717, 1.165) is 24.2 Å². The first-order chi connectivity index (χ1) is 7.46.